The van der Waals surface area contributed by atoms with Crippen LogP contribution in [-0.4, -0.2) is 4.57 Å². The average Bonchev–Trinajstić information content (AvgIpc) is 4.23. The zero-order valence-corrected chi connectivity index (χ0v) is 42.2. The summed E-state index contributed by atoms with van der Waals surface area (Å²) in [5.41, 5.74) is 16.3. The standard InChI is InChI=1S/C59H47N9.2Pd/c1-42-6-14-47(15-7-42)60-26-28-64(38-60)51-22-24-54-55-25-23-52(65-29-27-61(39-65)48-16-8-43(2)9-17-48)35-59(55)68(58(54)34-51)53-36-56(66-32-30-62(40-66)49-18-10-44(3)11-19-49)46(5)57(37-53)67-33-31-63(41-67)50-20-12-45(4)13-21-50;;/h6-33,38-41H,1-5H3;;/q-8;;. The number of anilines is 8. The van der Waals surface area contributed by atoms with Crippen LogP contribution >= 0.6 is 0 Å². The second kappa shape index (κ2) is 19.1. The van der Waals surface area contributed by atoms with E-state index in [2.05, 4.69) is 300 Å². The Labute approximate surface area is 439 Å². The molecule has 4 aliphatic heterocycles. The van der Waals surface area contributed by atoms with Gasteiger partial charge in [0.25, 0.3) is 0 Å². The van der Waals surface area contributed by atoms with E-state index in [1.54, 1.807) is 0 Å². The Kier molecular flexibility index (Phi) is 12.7. The summed E-state index contributed by atoms with van der Waals surface area (Å²) in [5, 5.41) is 2.10. The van der Waals surface area contributed by atoms with E-state index in [0.717, 1.165) is 78.6 Å². The summed E-state index contributed by atoms with van der Waals surface area (Å²) in [6.45, 7) is 19.0. The fourth-order valence-electron chi connectivity index (χ4n) is 9.00. The molecule has 8 aromatic rings. The Hall–Kier alpha value is -6.98. The first-order chi connectivity index (χ1) is 33.2. The van der Waals surface area contributed by atoms with E-state index in [1.165, 1.54) is 22.3 Å². The topological polar surface area (TPSA) is 30.9 Å². The van der Waals surface area contributed by atoms with Gasteiger partial charge < -0.3 is 55.9 Å². The van der Waals surface area contributed by atoms with Crippen molar-refractivity contribution < 1.29 is 40.8 Å². The Morgan fingerprint density at radius 2 is 0.600 bits per heavy atom. The molecule has 5 heterocycles. The molecule has 4 aliphatic rings. The first-order valence-corrected chi connectivity index (χ1v) is 22.8. The molecule has 0 spiro atoms. The van der Waals surface area contributed by atoms with Crippen LogP contribution in [0.5, 0.6) is 0 Å². The molecule has 12 rings (SSSR count). The van der Waals surface area contributed by atoms with Crippen LogP contribution in [0.1, 0.15) is 27.8 Å². The van der Waals surface area contributed by atoms with Crippen molar-refractivity contribution in [1.29, 1.82) is 0 Å². The second-order valence-electron chi connectivity index (χ2n) is 17.7. The number of aryl methyl sites for hydroxylation is 4. The Bertz CT molecular complexity index is 3120. The van der Waals surface area contributed by atoms with Gasteiger partial charge in [-0.05, 0) is 126 Å². The molecule has 0 amide bonds. The monoisotopic (exact) mass is 1090 g/mol. The van der Waals surface area contributed by atoms with Gasteiger partial charge >= 0.3 is 0 Å². The van der Waals surface area contributed by atoms with Crippen molar-refractivity contribution in [3.05, 3.63) is 250 Å². The third-order valence-corrected chi connectivity index (χ3v) is 12.9. The van der Waals surface area contributed by atoms with Gasteiger partial charge in [0.15, 0.2) is 0 Å². The number of fused-ring (bicyclic) bond motifs is 3. The number of aromatic nitrogens is 1. The summed E-state index contributed by atoms with van der Waals surface area (Å²) in [6, 6.07) is 58.5. The van der Waals surface area contributed by atoms with Crippen molar-refractivity contribution in [2.75, 3.05) is 39.2 Å². The van der Waals surface area contributed by atoms with Crippen molar-refractivity contribution in [3.63, 3.8) is 0 Å². The first kappa shape index (κ1) is 46.7. The quantitative estimate of drug-likeness (QED) is 0.104. The van der Waals surface area contributed by atoms with Gasteiger partial charge in [0.05, 0.1) is 0 Å². The second-order valence-corrected chi connectivity index (χ2v) is 17.7. The SMILES string of the molecule is Cc1ccc(N2C=CN(c3[c-]c4c(cc3)c3ccc(N5C=CN(c6ccc(C)cc6)[CH-]5)[c-]c3n4-c3[c-]c(N4C=CN(c5ccc(C)cc5)[CH-]4)c(C)c(N4C=CN(c5ccc(C)cc5)[CH-]4)[c-]3)[CH-]2)cc1.[Pd].[Pd]. The number of hydrogen-bond acceptors (Lipinski definition) is 8. The predicted octanol–water partition coefficient (Wildman–Crippen LogP) is 13.2. The third-order valence-electron chi connectivity index (χ3n) is 12.9. The van der Waals surface area contributed by atoms with Crippen molar-refractivity contribution in [3.8, 4) is 5.69 Å². The maximum Gasteiger partial charge on any atom is 0.0124 e. The molecule has 0 unspecified atom stereocenters. The van der Waals surface area contributed by atoms with Crippen molar-refractivity contribution in [1.82, 2.24) is 4.57 Å². The van der Waals surface area contributed by atoms with Crippen LogP contribution in [0.25, 0.3) is 27.5 Å². The van der Waals surface area contributed by atoms with Gasteiger partial charge in [0.1, 0.15) is 0 Å². The Morgan fingerprint density at radius 3 is 0.929 bits per heavy atom. The van der Waals surface area contributed by atoms with Gasteiger partial charge in [-0.3, -0.25) is 0 Å². The van der Waals surface area contributed by atoms with E-state index in [0.29, 0.717) is 0 Å². The number of benzene rings is 7. The molecule has 11 heteroatoms. The largest absolute Gasteiger partial charge is 0.519 e. The van der Waals surface area contributed by atoms with Crippen molar-refractivity contribution in [2.24, 2.45) is 0 Å². The maximum atomic E-state index is 3.90. The molecular formula is C59H47N9Pd2-8. The van der Waals surface area contributed by atoms with E-state index < -0.39 is 0 Å². The summed E-state index contributed by atoms with van der Waals surface area (Å²) in [5.74, 6) is 0. The maximum absolute atomic E-state index is 3.90. The van der Waals surface area contributed by atoms with Gasteiger partial charge in [0.2, 0.25) is 0 Å². The predicted molar refractivity (Wildman–Crippen MR) is 279 cm³/mol. The molecule has 0 saturated carbocycles. The van der Waals surface area contributed by atoms with Crippen LogP contribution in [0.4, 0.5) is 45.5 Å². The van der Waals surface area contributed by atoms with Crippen molar-refractivity contribution >= 4 is 67.3 Å². The van der Waals surface area contributed by atoms with Crippen LogP contribution < -0.4 is 39.2 Å². The molecule has 0 bridgehead atoms. The molecule has 0 fully saturated rings. The minimum Gasteiger partial charge on any atom is -0.519 e. The van der Waals surface area contributed by atoms with Crippen LogP contribution in [0.2, 0.25) is 0 Å². The zero-order valence-electron chi connectivity index (χ0n) is 39.1. The summed E-state index contributed by atoms with van der Waals surface area (Å²) < 4.78 is 2.23. The van der Waals surface area contributed by atoms with Crippen LogP contribution in [0.15, 0.2) is 171 Å². The van der Waals surface area contributed by atoms with Crippen molar-refractivity contribution in [2.45, 2.75) is 34.6 Å². The fraction of sp³-hybridized carbons (Fsp3) is 0.0847. The Morgan fingerprint density at radius 1 is 0.314 bits per heavy atom. The summed E-state index contributed by atoms with van der Waals surface area (Å²) in [6.07, 6.45) is 16.7. The summed E-state index contributed by atoms with van der Waals surface area (Å²) in [7, 11) is 0. The first-order valence-electron chi connectivity index (χ1n) is 22.8. The molecular weight excluding hydrogens is 1050 g/mol. The number of nitrogens with zero attached hydrogens (tertiary/aromatic N) is 9. The minimum atomic E-state index is 0. The summed E-state index contributed by atoms with van der Waals surface area (Å²) in [4.78, 5) is 17.1. The number of rotatable bonds is 9. The minimum absolute atomic E-state index is 0. The number of hydrogen-bond donors (Lipinski definition) is 0. The average molecular weight is 1090 g/mol. The molecule has 0 radical (unpaired) electrons. The van der Waals surface area contributed by atoms with E-state index in [1.807, 2.05) is 0 Å². The molecule has 7 aromatic carbocycles. The van der Waals surface area contributed by atoms with Gasteiger partial charge in [0, 0.05) is 63.6 Å². The molecule has 9 nitrogen and oxygen atoms in total. The Balaban J connectivity index is 0.00000284. The summed E-state index contributed by atoms with van der Waals surface area (Å²) >= 11 is 0. The van der Waals surface area contributed by atoms with Crippen LogP contribution in [-0.2, 0) is 40.8 Å². The molecule has 0 aliphatic carbocycles. The molecule has 356 valence electrons. The van der Waals surface area contributed by atoms with Gasteiger partial charge in [-0.2, -0.15) is 35.0 Å². The van der Waals surface area contributed by atoms with Crippen LogP contribution in [0, 0.1) is 85.6 Å². The van der Waals surface area contributed by atoms with E-state index in [4.69, 9.17) is 0 Å². The zero-order chi connectivity index (χ0) is 46.0. The fourth-order valence-corrected chi connectivity index (χ4v) is 9.00. The molecule has 1 aromatic heterocycles. The van der Waals surface area contributed by atoms with E-state index in [-0.39, 0.29) is 40.8 Å². The smallest absolute Gasteiger partial charge is 0.0124 e. The van der Waals surface area contributed by atoms with Gasteiger partial charge in [-0.25, -0.2) is 22.6 Å². The molecule has 0 N–H and O–H groups in total. The van der Waals surface area contributed by atoms with E-state index >= 15 is 0 Å². The molecule has 70 heavy (non-hydrogen) atoms. The van der Waals surface area contributed by atoms with Gasteiger partial charge in [-0.15, -0.1) is 57.1 Å². The normalized spacial score (nSPS) is 15.2. The third kappa shape index (κ3) is 8.69. The molecule has 0 atom stereocenters. The molecule has 0 saturated heterocycles. The van der Waals surface area contributed by atoms with Crippen LogP contribution in [0.3, 0.4) is 0 Å². The van der Waals surface area contributed by atoms with Gasteiger partial charge in [-0.1, -0.05) is 81.8 Å². The van der Waals surface area contributed by atoms with E-state index in [9.17, 15) is 0 Å².